The lowest BCUT2D eigenvalue weighted by atomic mass is 10.1. The number of halogens is 3. The molecule has 0 bridgehead atoms. The van der Waals surface area contributed by atoms with Gasteiger partial charge >= 0.3 is 0 Å². The molecule has 5 heteroatoms. The van der Waals surface area contributed by atoms with Crippen molar-refractivity contribution < 1.29 is 8.78 Å². The Bertz CT molecular complexity index is 391. The molecule has 1 heterocycles. The lowest BCUT2D eigenvalue weighted by molar-refractivity contribution is 0.164. The molecule has 1 N–H and O–H groups in total. The predicted octanol–water partition coefficient (Wildman–Crippen LogP) is 2.57. The van der Waals surface area contributed by atoms with Crippen LogP contribution in [0.4, 0.5) is 8.78 Å². The third-order valence-electron chi connectivity index (χ3n) is 3.06. The fourth-order valence-electron chi connectivity index (χ4n) is 2.48. The van der Waals surface area contributed by atoms with Gasteiger partial charge in [0.15, 0.2) is 11.6 Å². The molecule has 1 aromatic rings. The molecule has 0 amide bonds. The number of benzene rings is 1. The summed E-state index contributed by atoms with van der Waals surface area (Å²) in [7, 11) is 0. The average Bonchev–Trinajstić information content (AvgIpc) is 2.23. The van der Waals surface area contributed by atoms with Crippen LogP contribution in [0.3, 0.4) is 0 Å². The molecule has 0 spiro atoms. The summed E-state index contributed by atoms with van der Waals surface area (Å²) in [6.07, 6.45) is 0. The van der Waals surface area contributed by atoms with Gasteiger partial charge in [-0.05, 0) is 19.9 Å². The van der Waals surface area contributed by atoms with E-state index in [1.54, 1.807) is 12.1 Å². The molecule has 0 radical (unpaired) electrons. The molecule has 2 nitrogen and oxygen atoms in total. The SMILES string of the molecule is CC1CN(Cc2cccc(F)c2F)CC(C)N1.Cl. The predicted molar refractivity (Wildman–Crippen MR) is 70.9 cm³/mol. The Morgan fingerprint density at radius 1 is 1.22 bits per heavy atom. The number of nitrogens with one attached hydrogen (secondary N) is 1. The standard InChI is InChI=1S/C13H18F2N2.ClH/c1-9-6-17(7-10(2)16-9)8-11-4-3-5-12(14)13(11)15;/h3-5,9-10,16H,6-8H2,1-2H3;1H. The maximum Gasteiger partial charge on any atom is 0.163 e. The molecule has 102 valence electrons. The van der Waals surface area contributed by atoms with Gasteiger partial charge in [-0.25, -0.2) is 8.78 Å². The molecule has 2 unspecified atom stereocenters. The lowest BCUT2D eigenvalue weighted by Crippen LogP contribution is -2.53. The van der Waals surface area contributed by atoms with Crippen molar-refractivity contribution in [2.75, 3.05) is 13.1 Å². The summed E-state index contributed by atoms with van der Waals surface area (Å²) in [5, 5.41) is 3.41. The van der Waals surface area contributed by atoms with Crippen LogP contribution in [-0.2, 0) is 6.54 Å². The second-order valence-electron chi connectivity index (χ2n) is 4.88. The fourth-order valence-corrected chi connectivity index (χ4v) is 2.48. The quantitative estimate of drug-likeness (QED) is 0.893. The van der Waals surface area contributed by atoms with E-state index in [1.165, 1.54) is 0 Å². The van der Waals surface area contributed by atoms with Crippen molar-refractivity contribution in [1.82, 2.24) is 10.2 Å². The first-order chi connectivity index (χ1) is 8.06. The van der Waals surface area contributed by atoms with Crippen molar-refractivity contribution in [2.45, 2.75) is 32.5 Å². The Balaban J connectivity index is 0.00000162. The highest BCUT2D eigenvalue weighted by atomic mass is 35.5. The van der Waals surface area contributed by atoms with Crippen LogP contribution in [0, 0.1) is 11.6 Å². The van der Waals surface area contributed by atoms with Gasteiger partial charge in [0.05, 0.1) is 0 Å². The number of piperazine rings is 1. The number of hydrogen-bond donors (Lipinski definition) is 1. The van der Waals surface area contributed by atoms with E-state index in [0.29, 0.717) is 24.2 Å². The summed E-state index contributed by atoms with van der Waals surface area (Å²) in [5.41, 5.74) is 0.436. The normalized spacial score (nSPS) is 24.7. The molecule has 1 fully saturated rings. The molecule has 18 heavy (non-hydrogen) atoms. The molecule has 0 aromatic heterocycles. The average molecular weight is 277 g/mol. The van der Waals surface area contributed by atoms with Gasteiger partial charge in [-0.15, -0.1) is 12.4 Å². The van der Waals surface area contributed by atoms with Crippen molar-refractivity contribution in [1.29, 1.82) is 0 Å². The molecule has 0 saturated carbocycles. The molecular weight excluding hydrogens is 258 g/mol. The van der Waals surface area contributed by atoms with Gasteiger partial charge in [-0.3, -0.25) is 4.90 Å². The first-order valence-electron chi connectivity index (χ1n) is 5.97. The first-order valence-corrected chi connectivity index (χ1v) is 5.97. The van der Waals surface area contributed by atoms with Gasteiger partial charge in [0.1, 0.15) is 0 Å². The molecule has 1 aliphatic heterocycles. The second kappa shape index (κ2) is 6.45. The van der Waals surface area contributed by atoms with Crippen LogP contribution >= 0.6 is 12.4 Å². The van der Waals surface area contributed by atoms with Crippen LogP contribution in [0.25, 0.3) is 0 Å². The zero-order chi connectivity index (χ0) is 12.4. The summed E-state index contributed by atoms with van der Waals surface area (Å²) in [6, 6.07) is 5.13. The van der Waals surface area contributed by atoms with Crippen LogP contribution in [0.2, 0.25) is 0 Å². The van der Waals surface area contributed by atoms with Crippen LogP contribution in [0.15, 0.2) is 18.2 Å². The lowest BCUT2D eigenvalue weighted by Gasteiger charge is -2.36. The monoisotopic (exact) mass is 276 g/mol. The molecule has 1 aromatic carbocycles. The summed E-state index contributed by atoms with van der Waals surface area (Å²) >= 11 is 0. The Labute approximate surface area is 113 Å². The maximum absolute atomic E-state index is 13.5. The van der Waals surface area contributed by atoms with Crippen molar-refractivity contribution >= 4 is 12.4 Å². The summed E-state index contributed by atoms with van der Waals surface area (Å²) in [5.74, 6) is -1.48. The molecule has 1 saturated heterocycles. The van der Waals surface area contributed by atoms with Crippen molar-refractivity contribution in [3.63, 3.8) is 0 Å². The van der Waals surface area contributed by atoms with Gasteiger partial charge in [-0.1, -0.05) is 12.1 Å². The highest BCUT2D eigenvalue weighted by Gasteiger charge is 2.22. The highest BCUT2D eigenvalue weighted by molar-refractivity contribution is 5.85. The van der Waals surface area contributed by atoms with Crippen LogP contribution in [-0.4, -0.2) is 30.1 Å². The zero-order valence-electron chi connectivity index (χ0n) is 10.6. The van der Waals surface area contributed by atoms with E-state index in [4.69, 9.17) is 0 Å². The van der Waals surface area contributed by atoms with E-state index in [9.17, 15) is 8.78 Å². The van der Waals surface area contributed by atoms with Gasteiger partial charge < -0.3 is 5.32 Å². The van der Waals surface area contributed by atoms with Crippen molar-refractivity contribution in [2.24, 2.45) is 0 Å². The molecule has 2 atom stereocenters. The molecular formula is C13H19ClF2N2. The topological polar surface area (TPSA) is 15.3 Å². The minimum atomic E-state index is -0.765. The van der Waals surface area contributed by atoms with Gasteiger partial charge in [0, 0.05) is 37.3 Å². The third-order valence-corrected chi connectivity index (χ3v) is 3.06. The van der Waals surface area contributed by atoms with E-state index in [-0.39, 0.29) is 12.4 Å². The first kappa shape index (κ1) is 15.3. The number of nitrogens with zero attached hydrogens (tertiary/aromatic N) is 1. The zero-order valence-corrected chi connectivity index (χ0v) is 11.4. The number of hydrogen-bond acceptors (Lipinski definition) is 2. The highest BCUT2D eigenvalue weighted by Crippen LogP contribution is 2.15. The molecule has 1 aliphatic rings. The second-order valence-corrected chi connectivity index (χ2v) is 4.88. The molecule has 0 aliphatic carbocycles. The molecule has 2 rings (SSSR count). The smallest absolute Gasteiger partial charge is 0.163 e. The largest absolute Gasteiger partial charge is 0.309 e. The van der Waals surface area contributed by atoms with E-state index in [0.717, 1.165) is 19.2 Å². The van der Waals surface area contributed by atoms with E-state index in [1.807, 2.05) is 0 Å². The van der Waals surface area contributed by atoms with Gasteiger partial charge in [0.2, 0.25) is 0 Å². The van der Waals surface area contributed by atoms with Gasteiger partial charge in [0.25, 0.3) is 0 Å². The summed E-state index contributed by atoms with van der Waals surface area (Å²) < 4.78 is 26.6. The van der Waals surface area contributed by atoms with Crippen LogP contribution < -0.4 is 5.32 Å². The minimum absolute atomic E-state index is 0. The number of rotatable bonds is 2. The third kappa shape index (κ3) is 3.64. The minimum Gasteiger partial charge on any atom is -0.309 e. The van der Waals surface area contributed by atoms with E-state index >= 15 is 0 Å². The Morgan fingerprint density at radius 2 is 1.83 bits per heavy atom. The van der Waals surface area contributed by atoms with Crippen molar-refractivity contribution in [3.05, 3.63) is 35.4 Å². The Hall–Kier alpha value is -0.710. The summed E-state index contributed by atoms with van der Waals surface area (Å²) in [4.78, 5) is 2.16. The Morgan fingerprint density at radius 3 is 2.44 bits per heavy atom. The van der Waals surface area contributed by atoms with Crippen molar-refractivity contribution in [3.8, 4) is 0 Å². The van der Waals surface area contributed by atoms with Crippen LogP contribution in [0.5, 0.6) is 0 Å². The fraction of sp³-hybridized carbons (Fsp3) is 0.538. The van der Waals surface area contributed by atoms with Gasteiger partial charge in [-0.2, -0.15) is 0 Å². The Kier molecular flexibility index (Phi) is 5.50. The van der Waals surface area contributed by atoms with Crippen LogP contribution in [0.1, 0.15) is 19.4 Å². The van der Waals surface area contributed by atoms with E-state index < -0.39 is 11.6 Å². The maximum atomic E-state index is 13.5. The van der Waals surface area contributed by atoms with E-state index in [2.05, 4.69) is 24.1 Å². The summed E-state index contributed by atoms with van der Waals surface area (Å²) in [6.45, 7) is 6.40.